The molecular weight excluding hydrogens is 364 g/mol. The van der Waals surface area contributed by atoms with Crippen LogP contribution in [0.15, 0.2) is 18.3 Å². The van der Waals surface area contributed by atoms with Crippen LogP contribution in [0.25, 0.3) is 22.3 Å². The number of thiophene rings is 1. The van der Waals surface area contributed by atoms with Crippen molar-refractivity contribution in [2.24, 2.45) is 0 Å². The summed E-state index contributed by atoms with van der Waals surface area (Å²) in [5.41, 5.74) is 2.63. The molecule has 0 fully saturated rings. The Labute approximate surface area is 161 Å². The monoisotopic (exact) mass is 386 g/mol. The highest BCUT2D eigenvalue weighted by Crippen LogP contribution is 2.32. The van der Waals surface area contributed by atoms with Crippen LogP contribution in [0, 0.1) is 13.8 Å². The molecule has 0 aliphatic rings. The van der Waals surface area contributed by atoms with Crippen molar-refractivity contribution in [2.45, 2.75) is 46.7 Å². The summed E-state index contributed by atoms with van der Waals surface area (Å²) in [4.78, 5) is 30.9. The van der Waals surface area contributed by atoms with E-state index in [-0.39, 0.29) is 6.04 Å². The van der Waals surface area contributed by atoms with E-state index in [1.165, 1.54) is 6.92 Å². The molecule has 7 nitrogen and oxygen atoms in total. The van der Waals surface area contributed by atoms with Crippen LogP contribution in [0.2, 0.25) is 0 Å². The van der Waals surface area contributed by atoms with Gasteiger partial charge in [0.2, 0.25) is 0 Å². The first-order valence-electron chi connectivity index (χ1n) is 8.68. The molecule has 0 saturated heterocycles. The van der Waals surface area contributed by atoms with Crippen molar-refractivity contribution in [2.75, 3.05) is 0 Å². The first-order valence-corrected chi connectivity index (χ1v) is 9.50. The summed E-state index contributed by atoms with van der Waals surface area (Å²) < 4.78 is 1.77. The number of pyridine rings is 1. The van der Waals surface area contributed by atoms with E-state index < -0.39 is 17.9 Å². The number of nitrogens with zero attached hydrogens (tertiary/aromatic N) is 3. The van der Waals surface area contributed by atoms with Gasteiger partial charge >= 0.3 is 5.97 Å². The summed E-state index contributed by atoms with van der Waals surface area (Å²) in [6.45, 7) is 9.47. The van der Waals surface area contributed by atoms with Gasteiger partial charge in [0.25, 0.3) is 5.91 Å². The SMILES string of the molecule is Cc1cc(-c2cc(C(=O)NC(C)C(=O)O)c3cnn(C(C)C)c3n2)c(C)s1. The summed E-state index contributed by atoms with van der Waals surface area (Å²) in [5, 5.41) is 16.6. The van der Waals surface area contributed by atoms with Gasteiger partial charge in [-0.05, 0) is 46.8 Å². The van der Waals surface area contributed by atoms with Gasteiger partial charge in [0.05, 0.1) is 22.8 Å². The maximum absolute atomic E-state index is 12.8. The second-order valence-corrected chi connectivity index (χ2v) is 8.30. The van der Waals surface area contributed by atoms with Crippen LogP contribution in [-0.2, 0) is 4.79 Å². The fraction of sp³-hybridized carbons (Fsp3) is 0.368. The van der Waals surface area contributed by atoms with E-state index in [1.807, 2.05) is 33.8 Å². The third kappa shape index (κ3) is 3.57. The van der Waals surface area contributed by atoms with E-state index >= 15 is 0 Å². The fourth-order valence-corrected chi connectivity index (χ4v) is 3.88. The fourth-order valence-electron chi connectivity index (χ4n) is 2.94. The zero-order valence-electron chi connectivity index (χ0n) is 15.9. The van der Waals surface area contributed by atoms with Crippen molar-refractivity contribution in [3.63, 3.8) is 0 Å². The zero-order chi connectivity index (χ0) is 19.9. The van der Waals surface area contributed by atoms with Crippen molar-refractivity contribution in [1.82, 2.24) is 20.1 Å². The summed E-state index contributed by atoms with van der Waals surface area (Å²) in [6.07, 6.45) is 1.61. The Balaban J connectivity index is 2.20. The number of aryl methyl sites for hydroxylation is 2. The molecule has 3 heterocycles. The molecule has 0 radical (unpaired) electrons. The maximum atomic E-state index is 12.8. The Morgan fingerprint density at radius 1 is 1.22 bits per heavy atom. The molecule has 0 aromatic carbocycles. The van der Waals surface area contributed by atoms with Crippen LogP contribution >= 0.6 is 11.3 Å². The molecule has 2 N–H and O–H groups in total. The molecule has 27 heavy (non-hydrogen) atoms. The van der Waals surface area contributed by atoms with E-state index in [2.05, 4.69) is 10.4 Å². The van der Waals surface area contributed by atoms with Crippen molar-refractivity contribution in [3.8, 4) is 11.3 Å². The number of aromatic nitrogens is 3. The standard InChI is InChI=1S/C19H22N4O3S/c1-9(2)23-17-15(8-20-23)14(18(24)21-11(4)19(25)26)7-16(22-17)13-6-10(3)27-12(13)5/h6-9,11H,1-5H3,(H,21,24)(H,25,26). The molecule has 0 bridgehead atoms. The highest BCUT2D eigenvalue weighted by molar-refractivity contribution is 7.12. The minimum atomic E-state index is -1.09. The van der Waals surface area contributed by atoms with Crippen LogP contribution in [0.4, 0.5) is 0 Å². The molecule has 1 unspecified atom stereocenters. The average Bonchev–Trinajstić information content (AvgIpc) is 3.16. The molecule has 3 aromatic heterocycles. The normalized spacial score (nSPS) is 12.5. The number of fused-ring (bicyclic) bond motifs is 1. The number of carboxylic acids is 1. The van der Waals surface area contributed by atoms with Crippen LogP contribution in [0.3, 0.4) is 0 Å². The Hall–Kier alpha value is -2.74. The van der Waals surface area contributed by atoms with E-state index in [0.29, 0.717) is 22.3 Å². The van der Waals surface area contributed by atoms with E-state index in [1.54, 1.807) is 28.3 Å². The van der Waals surface area contributed by atoms with Crippen molar-refractivity contribution < 1.29 is 14.7 Å². The Morgan fingerprint density at radius 3 is 2.48 bits per heavy atom. The molecule has 142 valence electrons. The number of hydrogen-bond donors (Lipinski definition) is 2. The van der Waals surface area contributed by atoms with E-state index in [4.69, 9.17) is 10.1 Å². The van der Waals surface area contributed by atoms with Gasteiger partial charge in [0.1, 0.15) is 6.04 Å². The minimum Gasteiger partial charge on any atom is -0.480 e. The van der Waals surface area contributed by atoms with Gasteiger partial charge in [-0.2, -0.15) is 5.10 Å². The number of aliphatic carboxylic acids is 1. The van der Waals surface area contributed by atoms with E-state index in [0.717, 1.165) is 15.3 Å². The van der Waals surface area contributed by atoms with Gasteiger partial charge < -0.3 is 10.4 Å². The van der Waals surface area contributed by atoms with Crippen LogP contribution in [-0.4, -0.2) is 37.8 Å². The predicted molar refractivity (Wildman–Crippen MR) is 105 cm³/mol. The zero-order valence-corrected chi connectivity index (χ0v) is 16.7. The lowest BCUT2D eigenvalue weighted by Crippen LogP contribution is -2.38. The number of amides is 1. The Morgan fingerprint density at radius 2 is 1.93 bits per heavy atom. The average molecular weight is 386 g/mol. The third-order valence-corrected chi connectivity index (χ3v) is 5.30. The van der Waals surface area contributed by atoms with Gasteiger partial charge in [-0.25, -0.2) is 9.67 Å². The van der Waals surface area contributed by atoms with Crippen molar-refractivity contribution in [1.29, 1.82) is 0 Å². The smallest absolute Gasteiger partial charge is 0.325 e. The van der Waals surface area contributed by atoms with Crippen molar-refractivity contribution in [3.05, 3.63) is 33.6 Å². The summed E-state index contributed by atoms with van der Waals surface area (Å²) in [6, 6.07) is 2.85. The number of carbonyl (C=O) groups is 2. The molecule has 1 amide bonds. The van der Waals surface area contributed by atoms with Gasteiger partial charge in [0, 0.05) is 21.4 Å². The lowest BCUT2D eigenvalue weighted by Gasteiger charge is -2.12. The molecule has 0 spiro atoms. The second-order valence-electron chi connectivity index (χ2n) is 6.84. The van der Waals surface area contributed by atoms with E-state index in [9.17, 15) is 9.59 Å². The molecular formula is C19H22N4O3S. The number of rotatable bonds is 5. The summed E-state index contributed by atoms with van der Waals surface area (Å²) in [7, 11) is 0. The molecule has 0 saturated carbocycles. The lowest BCUT2D eigenvalue weighted by molar-refractivity contribution is -0.138. The topological polar surface area (TPSA) is 97.1 Å². The predicted octanol–water partition coefficient (Wildman–Crippen LogP) is 3.56. The Kier molecular flexibility index (Phi) is 5.01. The first kappa shape index (κ1) is 19.0. The highest BCUT2D eigenvalue weighted by Gasteiger charge is 2.22. The Bertz CT molecular complexity index is 1040. The minimum absolute atomic E-state index is 0.0735. The molecule has 0 aliphatic heterocycles. The number of nitrogens with one attached hydrogen (secondary N) is 1. The van der Waals surface area contributed by atoms with Gasteiger partial charge in [-0.15, -0.1) is 11.3 Å². The molecule has 3 rings (SSSR count). The quantitative estimate of drug-likeness (QED) is 0.699. The van der Waals surface area contributed by atoms with Gasteiger partial charge in [-0.3, -0.25) is 9.59 Å². The maximum Gasteiger partial charge on any atom is 0.325 e. The van der Waals surface area contributed by atoms with Crippen LogP contribution in [0.5, 0.6) is 0 Å². The lowest BCUT2D eigenvalue weighted by atomic mass is 10.1. The first-order chi connectivity index (χ1) is 12.7. The largest absolute Gasteiger partial charge is 0.480 e. The molecule has 8 heteroatoms. The number of carbonyl (C=O) groups excluding carboxylic acids is 1. The number of carboxylic acid groups (broad SMARTS) is 1. The molecule has 1 atom stereocenters. The summed E-state index contributed by atoms with van der Waals surface area (Å²) >= 11 is 1.67. The summed E-state index contributed by atoms with van der Waals surface area (Å²) in [5.74, 6) is -1.54. The van der Waals surface area contributed by atoms with Crippen LogP contribution < -0.4 is 5.32 Å². The molecule has 0 aliphatic carbocycles. The number of hydrogen-bond acceptors (Lipinski definition) is 5. The highest BCUT2D eigenvalue weighted by atomic mass is 32.1. The second kappa shape index (κ2) is 7.11. The molecule has 3 aromatic rings. The van der Waals surface area contributed by atoms with Crippen LogP contribution in [0.1, 0.15) is 46.9 Å². The third-order valence-electron chi connectivity index (χ3n) is 4.34. The van der Waals surface area contributed by atoms with Gasteiger partial charge in [-0.1, -0.05) is 0 Å². The van der Waals surface area contributed by atoms with Gasteiger partial charge in [0.15, 0.2) is 5.65 Å². The van der Waals surface area contributed by atoms with Crippen molar-refractivity contribution >= 4 is 34.2 Å².